The number of rotatable bonds is 1. The van der Waals surface area contributed by atoms with Crippen molar-refractivity contribution in [2.75, 3.05) is 0 Å². The highest BCUT2D eigenvalue weighted by molar-refractivity contribution is 6.29. The average Bonchev–Trinajstić information content (AvgIpc) is 2.35. The second kappa shape index (κ2) is 5.88. The zero-order valence-electron chi connectivity index (χ0n) is 13.5. The molecule has 1 aliphatic heterocycles. The van der Waals surface area contributed by atoms with Gasteiger partial charge in [0.2, 0.25) is 0 Å². The minimum Gasteiger partial charge on any atom is -0.443 e. The van der Waals surface area contributed by atoms with Crippen molar-refractivity contribution in [1.29, 1.82) is 0 Å². The molecule has 0 saturated heterocycles. The Labute approximate surface area is 135 Å². The van der Waals surface area contributed by atoms with Crippen LogP contribution in [0.2, 0.25) is 5.15 Å². The Bertz CT molecular complexity index is 608. The van der Waals surface area contributed by atoms with Gasteiger partial charge in [0.15, 0.2) is 0 Å². The van der Waals surface area contributed by atoms with Crippen molar-refractivity contribution in [2.45, 2.75) is 52.7 Å². The highest BCUT2D eigenvalue weighted by Crippen LogP contribution is 2.28. The van der Waals surface area contributed by atoms with Crippen molar-refractivity contribution in [3.63, 3.8) is 0 Å². The fourth-order valence-electron chi connectivity index (χ4n) is 2.46. The van der Waals surface area contributed by atoms with Crippen LogP contribution in [0.1, 0.15) is 50.7 Å². The normalized spacial score (nSPS) is 18.4. The van der Waals surface area contributed by atoms with Crippen LogP contribution < -0.4 is 0 Å². The number of pyridine rings is 1. The summed E-state index contributed by atoms with van der Waals surface area (Å²) >= 11 is 5.91. The second-order valence-electron chi connectivity index (χ2n) is 6.80. The van der Waals surface area contributed by atoms with Crippen molar-refractivity contribution in [3.8, 4) is 0 Å². The minimum atomic E-state index is -0.655. The van der Waals surface area contributed by atoms with Crippen molar-refractivity contribution < 1.29 is 14.3 Å². The molecule has 0 aliphatic carbocycles. The molecule has 1 aromatic heterocycles. The molecule has 2 amide bonds. The van der Waals surface area contributed by atoms with Gasteiger partial charge in [0.1, 0.15) is 10.8 Å². The summed E-state index contributed by atoms with van der Waals surface area (Å²) < 4.78 is 5.39. The summed E-state index contributed by atoms with van der Waals surface area (Å²) in [7, 11) is 0. The number of imide groups is 1. The molecule has 1 aromatic rings. The van der Waals surface area contributed by atoms with E-state index in [0.717, 1.165) is 0 Å². The zero-order valence-corrected chi connectivity index (χ0v) is 14.3. The van der Waals surface area contributed by atoms with Gasteiger partial charge in [0.25, 0.3) is 5.91 Å². The molecule has 0 aromatic carbocycles. The van der Waals surface area contributed by atoms with E-state index in [1.807, 2.05) is 13.8 Å². The Balaban J connectivity index is 2.41. The fraction of sp³-hybridized carbons (Fsp3) is 0.562. The number of hydrogen-bond donors (Lipinski definition) is 0. The molecule has 0 fully saturated rings. The maximum Gasteiger partial charge on any atom is 0.417 e. The molecule has 6 heteroatoms. The van der Waals surface area contributed by atoms with Crippen LogP contribution in [0, 0.1) is 5.92 Å². The summed E-state index contributed by atoms with van der Waals surface area (Å²) in [5, 5.41) is 0.347. The van der Waals surface area contributed by atoms with Crippen LogP contribution >= 0.6 is 11.6 Å². The summed E-state index contributed by atoms with van der Waals surface area (Å²) in [5.41, 5.74) is 0.389. The van der Waals surface area contributed by atoms with Crippen molar-refractivity contribution in [1.82, 2.24) is 9.88 Å². The molecule has 1 unspecified atom stereocenters. The number of hydrogen-bond acceptors (Lipinski definition) is 4. The molecule has 2 rings (SSSR count). The lowest BCUT2D eigenvalue weighted by atomic mass is 9.91. The topological polar surface area (TPSA) is 59.5 Å². The van der Waals surface area contributed by atoms with E-state index in [-0.39, 0.29) is 17.9 Å². The lowest BCUT2D eigenvalue weighted by Gasteiger charge is -2.37. The second-order valence-corrected chi connectivity index (χ2v) is 7.19. The Morgan fingerprint density at radius 2 is 2.05 bits per heavy atom. The maximum absolute atomic E-state index is 12.7. The molecule has 0 bridgehead atoms. The first-order valence-electron chi connectivity index (χ1n) is 7.32. The molecular formula is C16H21ClN2O3. The molecule has 2 heterocycles. The standard InChI is InChI=1S/C16H21ClN2O3/c1-9(2)12-8-11-10(6-7-13(17)18-11)14(20)19(12)15(21)22-16(3,4)5/h6-7,9,12H,8H2,1-5H3. The third kappa shape index (κ3) is 3.40. The van der Waals surface area contributed by atoms with Gasteiger partial charge in [0.05, 0.1) is 17.3 Å². The molecule has 22 heavy (non-hydrogen) atoms. The summed E-state index contributed by atoms with van der Waals surface area (Å²) in [6.07, 6.45) is -0.129. The smallest absolute Gasteiger partial charge is 0.417 e. The van der Waals surface area contributed by atoms with Gasteiger partial charge in [-0.1, -0.05) is 25.4 Å². The molecule has 0 spiro atoms. The highest BCUT2D eigenvalue weighted by Gasteiger charge is 2.40. The van der Waals surface area contributed by atoms with E-state index in [4.69, 9.17) is 16.3 Å². The lowest BCUT2D eigenvalue weighted by Crippen LogP contribution is -2.53. The number of amides is 2. The Hall–Kier alpha value is -1.62. The minimum absolute atomic E-state index is 0.0883. The SMILES string of the molecule is CC(C)C1Cc2nc(Cl)ccc2C(=O)N1C(=O)OC(C)(C)C. The Morgan fingerprint density at radius 3 is 2.59 bits per heavy atom. The zero-order chi connectivity index (χ0) is 16.7. The predicted molar refractivity (Wildman–Crippen MR) is 84.0 cm³/mol. The van der Waals surface area contributed by atoms with Crippen LogP contribution in [0.5, 0.6) is 0 Å². The fourth-order valence-corrected chi connectivity index (χ4v) is 2.62. The van der Waals surface area contributed by atoms with Gasteiger partial charge in [-0.3, -0.25) is 4.79 Å². The van der Waals surface area contributed by atoms with Crippen molar-refractivity contribution in [2.24, 2.45) is 5.92 Å². The number of fused-ring (bicyclic) bond motifs is 1. The monoisotopic (exact) mass is 324 g/mol. The number of carbonyl (C=O) groups is 2. The van der Waals surface area contributed by atoms with E-state index in [0.29, 0.717) is 22.8 Å². The third-order valence-electron chi connectivity index (χ3n) is 3.48. The van der Waals surface area contributed by atoms with Crippen molar-refractivity contribution >= 4 is 23.6 Å². The van der Waals surface area contributed by atoms with E-state index < -0.39 is 11.7 Å². The summed E-state index contributed by atoms with van der Waals surface area (Å²) in [6.45, 7) is 9.26. The first-order chi connectivity index (χ1) is 10.1. The van der Waals surface area contributed by atoms with Gasteiger partial charge in [-0.15, -0.1) is 0 Å². The van der Waals surface area contributed by atoms with Gasteiger partial charge >= 0.3 is 6.09 Å². The average molecular weight is 325 g/mol. The maximum atomic E-state index is 12.7. The highest BCUT2D eigenvalue weighted by atomic mass is 35.5. The Kier molecular flexibility index (Phi) is 4.47. The number of ether oxygens (including phenoxy) is 1. The number of halogens is 1. The number of nitrogens with zero attached hydrogens (tertiary/aromatic N) is 2. The Morgan fingerprint density at radius 1 is 1.41 bits per heavy atom. The van der Waals surface area contributed by atoms with Crippen LogP contribution in [0.4, 0.5) is 4.79 Å². The van der Waals surface area contributed by atoms with E-state index >= 15 is 0 Å². The van der Waals surface area contributed by atoms with Crippen LogP contribution in [-0.2, 0) is 11.2 Å². The van der Waals surface area contributed by atoms with Gasteiger partial charge in [-0.2, -0.15) is 0 Å². The summed E-state index contributed by atoms with van der Waals surface area (Å²) in [5.74, 6) is -0.288. The van der Waals surface area contributed by atoms with Crippen LogP contribution in [0.3, 0.4) is 0 Å². The predicted octanol–water partition coefficient (Wildman–Crippen LogP) is 3.69. The molecular weight excluding hydrogens is 304 g/mol. The number of aromatic nitrogens is 1. The van der Waals surface area contributed by atoms with E-state index in [1.165, 1.54) is 4.90 Å². The molecule has 0 N–H and O–H groups in total. The van der Waals surface area contributed by atoms with Crippen LogP contribution in [-0.4, -0.2) is 33.5 Å². The first-order valence-corrected chi connectivity index (χ1v) is 7.70. The van der Waals surface area contributed by atoms with Crippen molar-refractivity contribution in [3.05, 3.63) is 28.5 Å². The molecule has 1 atom stereocenters. The molecule has 0 saturated carbocycles. The molecule has 5 nitrogen and oxygen atoms in total. The van der Waals surface area contributed by atoms with E-state index in [9.17, 15) is 9.59 Å². The quantitative estimate of drug-likeness (QED) is 0.739. The van der Waals surface area contributed by atoms with E-state index in [1.54, 1.807) is 32.9 Å². The summed E-state index contributed by atoms with van der Waals surface area (Å²) in [6, 6.07) is 2.88. The lowest BCUT2D eigenvalue weighted by molar-refractivity contribution is 0.0105. The van der Waals surface area contributed by atoms with Crippen LogP contribution in [0.25, 0.3) is 0 Å². The van der Waals surface area contributed by atoms with Crippen LogP contribution in [0.15, 0.2) is 12.1 Å². The van der Waals surface area contributed by atoms with Gasteiger partial charge in [-0.05, 0) is 38.8 Å². The summed E-state index contributed by atoms with van der Waals surface area (Å²) in [4.78, 5) is 30.6. The van der Waals surface area contributed by atoms with Gasteiger partial charge in [0, 0.05) is 6.42 Å². The molecule has 0 radical (unpaired) electrons. The first kappa shape index (κ1) is 16.7. The number of carbonyl (C=O) groups excluding carboxylic acids is 2. The van der Waals surface area contributed by atoms with Gasteiger partial charge < -0.3 is 4.74 Å². The third-order valence-corrected chi connectivity index (χ3v) is 3.69. The molecule has 120 valence electrons. The molecule has 1 aliphatic rings. The largest absolute Gasteiger partial charge is 0.443 e. The van der Waals surface area contributed by atoms with E-state index in [2.05, 4.69) is 4.98 Å². The van der Waals surface area contributed by atoms with Gasteiger partial charge in [-0.25, -0.2) is 14.7 Å².